The molecule has 2 aliphatic heterocycles. The molecule has 9 nitrogen and oxygen atoms in total. The van der Waals surface area contributed by atoms with Crippen LogP contribution >= 0.6 is 0 Å². The van der Waals surface area contributed by atoms with Crippen molar-refractivity contribution in [2.45, 2.75) is 51.6 Å². The number of hydrogen-bond donors (Lipinski definition) is 3. The number of nitrogens with two attached hydrogens (primary N) is 1. The third kappa shape index (κ3) is 3.67. The van der Waals surface area contributed by atoms with Crippen molar-refractivity contribution in [1.29, 1.82) is 0 Å². The highest BCUT2D eigenvalue weighted by molar-refractivity contribution is 5.44. The minimum absolute atomic E-state index is 0.261. The Hall–Kier alpha value is -2.00. The number of aromatic nitrogens is 5. The minimum atomic E-state index is 0.261. The highest BCUT2D eigenvalue weighted by Gasteiger charge is 2.27. The smallest absolute Gasteiger partial charge is 0.243 e. The molecule has 0 unspecified atom stereocenters. The van der Waals surface area contributed by atoms with Crippen LogP contribution in [0.5, 0.6) is 0 Å². The van der Waals surface area contributed by atoms with Crippen molar-refractivity contribution in [3.8, 4) is 5.82 Å². The third-order valence-corrected chi connectivity index (χ3v) is 5.50. The number of rotatable bonds is 5. The van der Waals surface area contributed by atoms with Crippen LogP contribution < -0.4 is 15.5 Å². The number of nitrogens with one attached hydrogen (secondary N) is 2. The normalized spacial score (nSPS) is 20.2. The zero-order valence-electron chi connectivity index (χ0n) is 14.7. The average molecular weight is 348 g/mol. The first-order chi connectivity index (χ1) is 12.3. The van der Waals surface area contributed by atoms with E-state index in [9.17, 15) is 0 Å². The van der Waals surface area contributed by atoms with Crippen LogP contribution in [0.15, 0.2) is 4.63 Å². The van der Waals surface area contributed by atoms with Gasteiger partial charge in [0.15, 0.2) is 0 Å². The van der Waals surface area contributed by atoms with E-state index in [1.165, 1.54) is 64.7 Å². The van der Waals surface area contributed by atoms with Gasteiger partial charge in [0.05, 0.1) is 26.2 Å². The monoisotopic (exact) mass is 348 g/mol. The Morgan fingerprint density at radius 1 is 0.880 bits per heavy atom. The SMILES string of the molecule is Nc1nonc1-n1nnc(C[NH+]2CCCCC2)c1C[NH+]1CCCCC1. The van der Waals surface area contributed by atoms with E-state index in [1.54, 1.807) is 14.5 Å². The van der Waals surface area contributed by atoms with E-state index < -0.39 is 0 Å². The maximum atomic E-state index is 5.90. The highest BCUT2D eigenvalue weighted by Crippen LogP contribution is 2.15. The molecule has 136 valence electrons. The van der Waals surface area contributed by atoms with Gasteiger partial charge in [-0.1, -0.05) is 5.21 Å². The Morgan fingerprint density at radius 3 is 2.12 bits per heavy atom. The molecule has 9 heteroatoms. The fourth-order valence-electron chi connectivity index (χ4n) is 4.09. The molecule has 0 amide bonds. The molecule has 0 saturated carbocycles. The number of hydrogen-bond acceptors (Lipinski definition) is 6. The Morgan fingerprint density at radius 2 is 1.52 bits per heavy atom. The van der Waals surface area contributed by atoms with Crippen molar-refractivity contribution < 1.29 is 14.4 Å². The zero-order chi connectivity index (χ0) is 17.1. The fourth-order valence-corrected chi connectivity index (χ4v) is 4.09. The Bertz CT molecular complexity index is 684. The topological polar surface area (TPSA) is 105 Å². The van der Waals surface area contributed by atoms with E-state index in [0.29, 0.717) is 5.82 Å². The predicted octanol–water partition coefficient (Wildman–Crippen LogP) is -1.63. The van der Waals surface area contributed by atoms with Crippen LogP contribution in [0.3, 0.4) is 0 Å². The largest absolute Gasteiger partial charge is 0.378 e. The van der Waals surface area contributed by atoms with Crippen molar-refractivity contribution in [1.82, 2.24) is 25.3 Å². The van der Waals surface area contributed by atoms with Gasteiger partial charge in [-0.15, -0.1) is 5.10 Å². The Balaban J connectivity index is 1.60. The van der Waals surface area contributed by atoms with Crippen LogP contribution in [-0.4, -0.2) is 51.5 Å². The summed E-state index contributed by atoms with van der Waals surface area (Å²) >= 11 is 0. The number of likely N-dealkylation sites (tertiary alicyclic amines) is 2. The first-order valence-corrected chi connectivity index (χ1v) is 9.50. The lowest BCUT2D eigenvalue weighted by atomic mass is 10.1. The van der Waals surface area contributed by atoms with Gasteiger partial charge < -0.3 is 15.5 Å². The van der Waals surface area contributed by atoms with E-state index in [0.717, 1.165) is 24.5 Å². The van der Waals surface area contributed by atoms with Gasteiger partial charge in [-0.2, -0.15) is 4.68 Å². The molecule has 4 heterocycles. The highest BCUT2D eigenvalue weighted by atomic mass is 16.6. The molecule has 0 aliphatic carbocycles. The molecule has 4 rings (SSSR count). The van der Waals surface area contributed by atoms with Crippen LogP contribution in [0.1, 0.15) is 49.9 Å². The van der Waals surface area contributed by atoms with Crippen molar-refractivity contribution in [3.63, 3.8) is 0 Å². The van der Waals surface area contributed by atoms with E-state index >= 15 is 0 Å². The number of quaternary nitrogens is 2. The predicted molar refractivity (Wildman–Crippen MR) is 90.1 cm³/mol. The summed E-state index contributed by atoms with van der Waals surface area (Å²) in [6, 6.07) is 0. The second-order valence-corrected chi connectivity index (χ2v) is 7.34. The van der Waals surface area contributed by atoms with Gasteiger partial charge in [-0.25, -0.2) is 4.63 Å². The van der Waals surface area contributed by atoms with Crippen LogP contribution in [0.2, 0.25) is 0 Å². The maximum Gasteiger partial charge on any atom is 0.243 e. The summed E-state index contributed by atoms with van der Waals surface area (Å²) in [6.07, 6.45) is 7.87. The van der Waals surface area contributed by atoms with Crippen LogP contribution in [0.4, 0.5) is 5.82 Å². The number of piperidine rings is 2. The van der Waals surface area contributed by atoms with Gasteiger partial charge >= 0.3 is 0 Å². The van der Waals surface area contributed by atoms with Crippen molar-refractivity contribution >= 4 is 5.82 Å². The molecule has 2 aromatic heterocycles. The molecule has 0 aromatic carbocycles. The molecule has 0 spiro atoms. The lowest BCUT2D eigenvalue weighted by Gasteiger charge is -2.25. The van der Waals surface area contributed by atoms with Crippen molar-refractivity contribution in [2.75, 3.05) is 31.9 Å². The van der Waals surface area contributed by atoms with Gasteiger partial charge in [-0.3, -0.25) is 0 Å². The molecule has 2 aromatic rings. The first-order valence-electron chi connectivity index (χ1n) is 9.50. The minimum Gasteiger partial charge on any atom is -0.378 e. The van der Waals surface area contributed by atoms with Crippen LogP contribution in [-0.2, 0) is 13.1 Å². The lowest BCUT2D eigenvalue weighted by Crippen LogP contribution is -3.12. The number of anilines is 1. The van der Waals surface area contributed by atoms with Crippen LogP contribution in [0, 0.1) is 0 Å². The Labute approximate surface area is 147 Å². The molecule has 0 bridgehead atoms. The fraction of sp³-hybridized carbons (Fsp3) is 0.750. The molecular formula is C16H28N8O+2. The van der Waals surface area contributed by atoms with E-state index in [4.69, 9.17) is 10.4 Å². The van der Waals surface area contributed by atoms with Gasteiger partial charge in [-0.05, 0) is 48.8 Å². The molecular weight excluding hydrogens is 320 g/mol. The molecule has 2 aliphatic rings. The molecule has 0 radical (unpaired) electrons. The standard InChI is InChI=1S/C16H26N8O/c17-15-16(20-25-19-15)24-14(12-23-9-5-2-6-10-23)13(18-21-24)11-22-7-3-1-4-8-22/h1-12H2,(H2,17,19)/p+2. The lowest BCUT2D eigenvalue weighted by molar-refractivity contribution is -0.922. The molecule has 2 fully saturated rings. The van der Waals surface area contributed by atoms with Gasteiger partial charge in [0.2, 0.25) is 11.6 Å². The van der Waals surface area contributed by atoms with Gasteiger partial charge in [0, 0.05) is 0 Å². The number of nitrogen functional groups attached to an aromatic ring is 1. The quantitative estimate of drug-likeness (QED) is 0.599. The second kappa shape index (κ2) is 7.49. The molecule has 2 saturated heterocycles. The molecule has 0 atom stereocenters. The first kappa shape index (κ1) is 16.5. The summed E-state index contributed by atoms with van der Waals surface area (Å²) in [5, 5.41) is 16.5. The molecule has 4 N–H and O–H groups in total. The van der Waals surface area contributed by atoms with E-state index in [-0.39, 0.29) is 5.82 Å². The van der Waals surface area contributed by atoms with Gasteiger partial charge in [0.1, 0.15) is 24.5 Å². The second-order valence-electron chi connectivity index (χ2n) is 7.34. The summed E-state index contributed by atoms with van der Waals surface area (Å²) in [6.45, 7) is 6.67. The summed E-state index contributed by atoms with van der Waals surface area (Å²) in [4.78, 5) is 3.18. The third-order valence-electron chi connectivity index (χ3n) is 5.50. The van der Waals surface area contributed by atoms with Gasteiger partial charge in [0.25, 0.3) is 0 Å². The summed E-state index contributed by atoms with van der Waals surface area (Å²) in [5.74, 6) is 0.718. The Kier molecular flexibility index (Phi) is 4.93. The molecule has 25 heavy (non-hydrogen) atoms. The summed E-state index contributed by atoms with van der Waals surface area (Å²) < 4.78 is 6.52. The van der Waals surface area contributed by atoms with Crippen LogP contribution in [0.25, 0.3) is 5.82 Å². The average Bonchev–Trinajstić information content (AvgIpc) is 3.23. The number of nitrogens with zero attached hydrogens (tertiary/aromatic N) is 5. The van der Waals surface area contributed by atoms with Crippen molar-refractivity contribution in [2.24, 2.45) is 0 Å². The summed E-state index contributed by atoms with van der Waals surface area (Å²) in [7, 11) is 0. The van der Waals surface area contributed by atoms with E-state index in [2.05, 4.69) is 20.6 Å². The zero-order valence-corrected chi connectivity index (χ0v) is 14.7. The van der Waals surface area contributed by atoms with E-state index in [1.807, 2.05) is 0 Å². The maximum absolute atomic E-state index is 5.90. The van der Waals surface area contributed by atoms with Crippen molar-refractivity contribution in [3.05, 3.63) is 11.4 Å². The summed E-state index contributed by atoms with van der Waals surface area (Å²) in [5.41, 5.74) is 8.08.